The third kappa shape index (κ3) is 3.24. The van der Waals surface area contributed by atoms with Crippen molar-refractivity contribution in [1.29, 1.82) is 0 Å². The summed E-state index contributed by atoms with van der Waals surface area (Å²) in [4.78, 5) is 12.8. The van der Waals surface area contributed by atoms with E-state index >= 15 is 0 Å². The minimum atomic E-state index is -2.49. The summed E-state index contributed by atoms with van der Waals surface area (Å²) in [5.74, 6) is -0.209. The first-order valence-corrected chi connectivity index (χ1v) is 7.43. The Bertz CT molecular complexity index is 648. The lowest BCUT2D eigenvalue weighted by Gasteiger charge is -2.36. The van der Waals surface area contributed by atoms with Crippen LogP contribution in [0.1, 0.15) is 12.8 Å². The molecular weight excluding hydrogens is 306 g/mol. The summed E-state index contributed by atoms with van der Waals surface area (Å²) in [6.07, 6.45) is 4.90. The van der Waals surface area contributed by atoms with Crippen LogP contribution in [-0.2, 0) is 16.9 Å². The zero-order chi connectivity index (χ0) is 16.3. The predicted octanol–water partition coefficient (Wildman–Crippen LogP) is 1.06. The van der Waals surface area contributed by atoms with E-state index in [-0.39, 0.29) is 5.91 Å². The zero-order valence-corrected chi connectivity index (χ0v) is 12.5. The van der Waals surface area contributed by atoms with Gasteiger partial charge < -0.3 is 10.6 Å². The van der Waals surface area contributed by atoms with E-state index in [2.05, 4.69) is 20.8 Å². The van der Waals surface area contributed by atoms with Gasteiger partial charge in [-0.3, -0.25) is 14.2 Å². The van der Waals surface area contributed by atoms with Crippen molar-refractivity contribution < 1.29 is 13.6 Å². The van der Waals surface area contributed by atoms with E-state index in [0.29, 0.717) is 31.6 Å². The maximum atomic E-state index is 12.8. The molecular formula is C14H18F2N6O. The highest BCUT2D eigenvalue weighted by atomic mass is 19.3. The standard InChI is InChI=1S/C14H18F2N6O/c15-12(16)10-21-9-11(8-19-21)20-13(23)14(2-5-17-6-3-14)22-7-1-4-18-22/h1,4,7-9,12,17H,2-3,5-6,10H2,(H,20,23). The van der Waals surface area contributed by atoms with E-state index in [4.69, 9.17) is 0 Å². The van der Waals surface area contributed by atoms with Gasteiger partial charge in [0.2, 0.25) is 0 Å². The highest BCUT2D eigenvalue weighted by molar-refractivity contribution is 5.96. The number of hydrogen-bond acceptors (Lipinski definition) is 4. The van der Waals surface area contributed by atoms with Crippen LogP contribution in [0.25, 0.3) is 0 Å². The van der Waals surface area contributed by atoms with E-state index in [9.17, 15) is 13.6 Å². The Labute approximate surface area is 131 Å². The molecule has 9 heteroatoms. The predicted molar refractivity (Wildman–Crippen MR) is 79.2 cm³/mol. The number of carbonyl (C=O) groups is 1. The fourth-order valence-corrected chi connectivity index (χ4v) is 2.84. The molecule has 1 amide bonds. The van der Waals surface area contributed by atoms with Crippen molar-refractivity contribution >= 4 is 11.6 Å². The van der Waals surface area contributed by atoms with Crippen molar-refractivity contribution in [3.8, 4) is 0 Å². The van der Waals surface area contributed by atoms with Crippen LogP contribution >= 0.6 is 0 Å². The van der Waals surface area contributed by atoms with Crippen LogP contribution in [-0.4, -0.2) is 45.0 Å². The Morgan fingerprint density at radius 2 is 2.17 bits per heavy atom. The van der Waals surface area contributed by atoms with Crippen LogP contribution in [0.15, 0.2) is 30.9 Å². The van der Waals surface area contributed by atoms with Crippen molar-refractivity contribution in [3.63, 3.8) is 0 Å². The first kappa shape index (κ1) is 15.6. The SMILES string of the molecule is O=C(Nc1cnn(CC(F)F)c1)C1(n2cccn2)CCNCC1. The number of rotatable bonds is 5. The zero-order valence-electron chi connectivity index (χ0n) is 12.5. The number of amides is 1. The van der Waals surface area contributed by atoms with Gasteiger partial charge >= 0.3 is 0 Å². The number of halogens is 2. The Balaban J connectivity index is 1.78. The van der Waals surface area contributed by atoms with Crippen LogP contribution in [0.3, 0.4) is 0 Å². The number of hydrogen-bond donors (Lipinski definition) is 2. The monoisotopic (exact) mass is 324 g/mol. The topological polar surface area (TPSA) is 76.8 Å². The van der Waals surface area contributed by atoms with Crippen LogP contribution in [0.2, 0.25) is 0 Å². The molecule has 0 radical (unpaired) electrons. The molecule has 1 fully saturated rings. The highest BCUT2D eigenvalue weighted by Crippen LogP contribution is 2.28. The molecule has 0 aliphatic carbocycles. The van der Waals surface area contributed by atoms with Gasteiger partial charge in [0, 0.05) is 18.6 Å². The third-order valence-corrected chi connectivity index (χ3v) is 4.01. The molecule has 3 rings (SSSR count). The molecule has 124 valence electrons. The summed E-state index contributed by atoms with van der Waals surface area (Å²) in [7, 11) is 0. The normalized spacial score (nSPS) is 17.3. The Kier molecular flexibility index (Phi) is 4.37. The Morgan fingerprint density at radius 3 is 2.83 bits per heavy atom. The molecule has 0 aromatic carbocycles. The van der Waals surface area contributed by atoms with E-state index in [0.717, 1.165) is 4.68 Å². The van der Waals surface area contributed by atoms with E-state index in [1.807, 2.05) is 0 Å². The number of carbonyl (C=O) groups excluding carboxylic acids is 1. The average Bonchev–Trinajstić information content (AvgIpc) is 3.19. The lowest BCUT2D eigenvalue weighted by atomic mass is 9.87. The highest BCUT2D eigenvalue weighted by Gasteiger charge is 2.42. The summed E-state index contributed by atoms with van der Waals surface area (Å²) >= 11 is 0. The van der Waals surface area contributed by atoms with Gasteiger partial charge in [0.15, 0.2) is 0 Å². The van der Waals surface area contributed by atoms with Gasteiger partial charge in [-0.1, -0.05) is 0 Å². The van der Waals surface area contributed by atoms with Gasteiger partial charge in [0.05, 0.1) is 11.9 Å². The van der Waals surface area contributed by atoms with Crippen molar-refractivity contribution in [1.82, 2.24) is 24.9 Å². The van der Waals surface area contributed by atoms with Crippen molar-refractivity contribution in [2.45, 2.75) is 31.4 Å². The Hall–Kier alpha value is -2.29. The minimum Gasteiger partial charge on any atom is -0.321 e. The van der Waals surface area contributed by atoms with Gasteiger partial charge in [-0.25, -0.2) is 8.78 Å². The van der Waals surface area contributed by atoms with E-state index in [1.165, 1.54) is 12.4 Å². The minimum absolute atomic E-state index is 0.209. The maximum Gasteiger partial charge on any atom is 0.257 e. The molecule has 0 unspecified atom stereocenters. The largest absolute Gasteiger partial charge is 0.321 e. The second kappa shape index (κ2) is 6.45. The van der Waals surface area contributed by atoms with Crippen LogP contribution in [0.4, 0.5) is 14.5 Å². The molecule has 0 spiro atoms. The van der Waals surface area contributed by atoms with Gasteiger partial charge in [-0.15, -0.1) is 0 Å². The Morgan fingerprint density at radius 1 is 1.39 bits per heavy atom. The van der Waals surface area contributed by atoms with Crippen LogP contribution in [0, 0.1) is 0 Å². The van der Waals surface area contributed by atoms with Crippen LogP contribution in [0.5, 0.6) is 0 Å². The summed E-state index contributed by atoms with van der Waals surface area (Å²) in [5, 5.41) is 14.1. The quantitative estimate of drug-likeness (QED) is 0.862. The second-order valence-electron chi connectivity index (χ2n) is 5.53. The summed E-state index contributed by atoms with van der Waals surface area (Å²) < 4.78 is 27.5. The fourth-order valence-electron chi connectivity index (χ4n) is 2.84. The molecule has 0 bridgehead atoms. The summed E-state index contributed by atoms with van der Waals surface area (Å²) in [6.45, 7) is 0.917. The molecule has 23 heavy (non-hydrogen) atoms. The first-order chi connectivity index (χ1) is 11.1. The summed E-state index contributed by atoms with van der Waals surface area (Å²) in [6, 6.07) is 1.78. The van der Waals surface area contributed by atoms with Crippen molar-refractivity contribution in [2.75, 3.05) is 18.4 Å². The number of piperidine rings is 1. The molecule has 1 aliphatic rings. The smallest absolute Gasteiger partial charge is 0.257 e. The first-order valence-electron chi connectivity index (χ1n) is 7.43. The van der Waals surface area contributed by atoms with E-state index in [1.54, 1.807) is 23.1 Å². The third-order valence-electron chi connectivity index (χ3n) is 4.01. The molecule has 2 N–H and O–H groups in total. The molecule has 0 atom stereocenters. The summed E-state index contributed by atoms with van der Waals surface area (Å²) in [5.41, 5.74) is -0.375. The maximum absolute atomic E-state index is 12.8. The van der Waals surface area contributed by atoms with Gasteiger partial charge in [0.1, 0.15) is 12.1 Å². The lowest BCUT2D eigenvalue weighted by Crippen LogP contribution is -2.52. The molecule has 2 aromatic heterocycles. The van der Waals surface area contributed by atoms with Crippen molar-refractivity contribution in [3.05, 3.63) is 30.9 Å². The number of nitrogens with one attached hydrogen (secondary N) is 2. The molecule has 1 aliphatic heterocycles. The fraction of sp³-hybridized carbons (Fsp3) is 0.500. The number of aromatic nitrogens is 4. The molecule has 2 aromatic rings. The molecule has 3 heterocycles. The molecule has 1 saturated heterocycles. The average molecular weight is 324 g/mol. The van der Waals surface area contributed by atoms with Crippen LogP contribution < -0.4 is 10.6 Å². The van der Waals surface area contributed by atoms with Crippen molar-refractivity contribution in [2.24, 2.45) is 0 Å². The number of anilines is 1. The lowest BCUT2D eigenvalue weighted by molar-refractivity contribution is -0.126. The molecule has 0 saturated carbocycles. The molecule has 7 nitrogen and oxygen atoms in total. The van der Waals surface area contributed by atoms with Gasteiger partial charge in [-0.2, -0.15) is 10.2 Å². The second-order valence-corrected chi connectivity index (χ2v) is 5.53. The van der Waals surface area contributed by atoms with Gasteiger partial charge in [-0.05, 0) is 32.0 Å². The van der Waals surface area contributed by atoms with E-state index < -0.39 is 18.5 Å². The number of nitrogens with zero attached hydrogens (tertiary/aromatic N) is 4. The number of alkyl halides is 2. The van der Waals surface area contributed by atoms with Gasteiger partial charge in [0.25, 0.3) is 12.3 Å².